The largest absolute Gasteiger partial charge is 0.454 e. The maximum atomic E-state index is 13.9. The highest BCUT2D eigenvalue weighted by Gasteiger charge is 2.40. The molecule has 0 bridgehead atoms. The summed E-state index contributed by atoms with van der Waals surface area (Å²) in [7, 11) is 0. The number of nitrogens with zero attached hydrogens (tertiary/aromatic N) is 3. The van der Waals surface area contributed by atoms with Gasteiger partial charge >= 0.3 is 5.97 Å². The van der Waals surface area contributed by atoms with Gasteiger partial charge in [-0.2, -0.15) is 0 Å². The quantitative estimate of drug-likeness (QED) is 0.584. The second-order valence-corrected chi connectivity index (χ2v) is 9.47. The molecule has 9 heteroatoms. The van der Waals surface area contributed by atoms with E-state index in [1.54, 1.807) is 11.0 Å². The van der Waals surface area contributed by atoms with Gasteiger partial charge in [0.25, 0.3) is 5.91 Å². The SMILES string of the molecule is Cc1cccc(CN2CCN(C(=O)COC(=O)C3CC(O)CN3C(=O)Cc3ccccc3F)CC2)c1. The summed E-state index contributed by atoms with van der Waals surface area (Å²) in [6.45, 7) is 4.95. The van der Waals surface area contributed by atoms with Crippen LogP contribution in [-0.4, -0.2) is 89.1 Å². The van der Waals surface area contributed by atoms with E-state index in [-0.39, 0.29) is 30.9 Å². The summed E-state index contributed by atoms with van der Waals surface area (Å²) in [4.78, 5) is 43.3. The molecule has 2 aromatic carbocycles. The number of piperazine rings is 1. The Morgan fingerprint density at radius 3 is 2.50 bits per heavy atom. The summed E-state index contributed by atoms with van der Waals surface area (Å²) in [6.07, 6.45) is -1.09. The molecular weight excluding hydrogens is 465 g/mol. The van der Waals surface area contributed by atoms with Crippen molar-refractivity contribution in [1.29, 1.82) is 0 Å². The van der Waals surface area contributed by atoms with E-state index in [1.165, 1.54) is 34.2 Å². The fraction of sp³-hybridized carbons (Fsp3) is 0.444. The molecule has 0 radical (unpaired) electrons. The minimum atomic E-state index is -1.00. The number of esters is 1. The standard InChI is InChI=1S/C27H32FN3O5/c1-19-5-4-6-20(13-19)16-29-9-11-30(12-10-29)26(34)18-36-27(35)24-15-22(32)17-31(24)25(33)14-21-7-2-3-8-23(21)28/h2-8,13,22,24,32H,9-12,14-18H2,1H3. The number of β-amino-alcohol motifs (C(OH)–C–C–N with tert-alkyl or cyclic N) is 1. The third kappa shape index (κ3) is 6.47. The van der Waals surface area contributed by atoms with Gasteiger partial charge in [0.1, 0.15) is 11.9 Å². The van der Waals surface area contributed by atoms with Gasteiger partial charge < -0.3 is 19.6 Å². The first-order chi connectivity index (χ1) is 17.3. The van der Waals surface area contributed by atoms with Crippen LogP contribution in [0.2, 0.25) is 0 Å². The lowest BCUT2D eigenvalue weighted by Gasteiger charge is -2.34. The Kier molecular flexibility index (Phi) is 8.32. The summed E-state index contributed by atoms with van der Waals surface area (Å²) in [6, 6.07) is 13.3. The maximum Gasteiger partial charge on any atom is 0.329 e. The lowest BCUT2D eigenvalue weighted by molar-refractivity contribution is -0.158. The van der Waals surface area contributed by atoms with Crippen LogP contribution in [0, 0.1) is 12.7 Å². The highest BCUT2D eigenvalue weighted by atomic mass is 19.1. The molecule has 0 aliphatic carbocycles. The molecule has 0 saturated carbocycles. The Bertz CT molecular complexity index is 1100. The Morgan fingerprint density at radius 2 is 1.78 bits per heavy atom. The molecule has 2 aliphatic rings. The molecule has 1 N–H and O–H groups in total. The van der Waals surface area contributed by atoms with Crippen LogP contribution in [0.15, 0.2) is 48.5 Å². The first-order valence-corrected chi connectivity index (χ1v) is 12.2. The van der Waals surface area contributed by atoms with Crippen LogP contribution in [0.5, 0.6) is 0 Å². The number of benzene rings is 2. The number of carbonyl (C=O) groups is 3. The highest BCUT2D eigenvalue weighted by Crippen LogP contribution is 2.21. The fourth-order valence-electron chi connectivity index (χ4n) is 4.76. The molecule has 2 aromatic rings. The predicted octanol–water partition coefficient (Wildman–Crippen LogP) is 1.53. The van der Waals surface area contributed by atoms with Crippen LogP contribution in [0.1, 0.15) is 23.1 Å². The minimum absolute atomic E-state index is 0.0215. The molecule has 8 nitrogen and oxygen atoms in total. The van der Waals surface area contributed by atoms with Crippen molar-refractivity contribution in [3.8, 4) is 0 Å². The zero-order chi connectivity index (χ0) is 25.7. The zero-order valence-corrected chi connectivity index (χ0v) is 20.4. The van der Waals surface area contributed by atoms with Gasteiger partial charge in [-0.1, -0.05) is 48.0 Å². The van der Waals surface area contributed by atoms with Gasteiger partial charge in [0.2, 0.25) is 5.91 Å². The molecule has 0 spiro atoms. The second kappa shape index (κ2) is 11.6. The number of hydrogen-bond donors (Lipinski definition) is 1. The number of halogens is 1. The van der Waals surface area contributed by atoms with Crippen molar-refractivity contribution < 1.29 is 28.6 Å². The van der Waals surface area contributed by atoms with Gasteiger partial charge in [0, 0.05) is 45.7 Å². The van der Waals surface area contributed by atoms with Crippen molar-refractivity contribution in [2.75, 3.05) is 39.3 Å². The molecule has 4 rings (SSSR count). The number of hydrogen-bond acceptors (Lipinski definition) is 6. The van der Waals surface area contributed by atoms with Gasteiger partial charge in [-0.05, 0) is 24.1 Å². The molecule has 36 heavy (non-hydrogen) atoms. The molecule has 2 heterocycles. The molecule has 2 saturated heterocycles. The molecule has 192 valence electrons. The van der Waals surface area contributed by atoms with Gasteiger partial charge in [-0.3, -0.25) is 14.5 Å². The van der Waals surface area contributed by atoms with Gasteiger partial charge in [0.15, 0.2) is 6.61 Å². The van der Waals surface area contributed by atoms with Crippen molar-refractivity contribution in [2.45, 2.75) is 38.5 Å². The predicted molar refractivity (Wildman–Crippen MR) is 130 cm³/mol. The van der Waals surface area contributed by atoms with Gasteiger partial charge in [0.05, 0.1) is 12.5 Å². The molecular formula is C27H32FN3O5. The van der Waals surface area contributed by atoms with Crippen molar-refractivity contribution in [3.05, 3.63) is 71.0 Å². The second-order valence-electron chi connectivity index (χ2n) is 9.47. The first-order valence-electron chi connectivity index (χ1n) is 12.2. The van der Waals surface area contributed by atoms with Crippen LogP contribution in [0.4, 0.5) is 4.39 Å². The van der Waals surface area contributed by atoms with E-state index in [0.717, 1.165) is 19.6 Å². The Balaban J connectivity index is 1.25. The van der Waals surface area contributed by atoms with E-state index in [2.05, 4.69) is 30.0 Å². The van der Waals surface area contributed by atoms with Gasteiger partial charge in [-0.25, -0.2) is 9.18 Å². The van der Waals surface area contributed by atoms with Gasteiger partial charge in [-0.15, -0.1) is 0 Å². The lowest BCUT2D eigenvalue weighted by atomic mass is 10.1. The van der Waals surface area contributed by atoms with Crippen molar-refractivity contribution in [3.63, 3.8) is 0 Å². The van der Waals surface area contributed by atoms with Crippen molar-refractivity contribution in [2.24, 2.45) is 0 Å². The Morgan fingerprint density at radius 1 is 1.03 bits per heavy atom. The van der Waals surface area contributed by atoms with E-state index in [9.17, 15) is 23.9 Å². The smallest absolute Gasteiger partial charge is 0.329 e. The van der Waals surface area contributed by atoms with Crippen molar-refractivity contribution >= 4 is 17.8 Å². The summed E-state index contributed by atoms with van der Waals surface area (Å²) >= 11 is 0. The van der Waals surface area contributed by atoms with Crippen LogP contribution in [0.25, 0.3) is 0 Å². The van der Waals surface area contributed by atoms with E-state index in [4.69, 9.17) is 4.74 Å². The van der Waals surface area contributed by atoms with E-state index >= 15 is 0 Å². The number of likely N-dealkylation sites (tertiary alicyclic amines) is 1. The number of aliphatic hydroxyl groups excluding tert-OH is 1. The fourth-order valence-corrected chi connectivity index (χ4v) is 4.76. The summed E-state index contributed by atoms with van der Waals surface area (Å²) in [5.74, 6) is -2.01. The number of carbonyl (C=O) groups excluding carboxylic acids is 3. The molecule has 2 fully saturated rings. The number of aliphatic hydroxyl groups is 1. The third-order valence-electron chi connectivity index (χ3n) is 6.72. The Labute approximate surface area is 210 Å². The van der Waals surface area contributed by atoms with Crippen LogP contribution < -0.4 is 0 Å². The van der Waals surface area contributed by atoms with E-state index < -0.39 is 36.4 Å². The molecule has 2 aliphatic heterocycles. The normalized spacial score (nSPS) is 20.4. The molecule has 2 amide bonds. The first kappa shape index (κ1) is 25.8. The minimum Gasteiger partial charge on any atom is -0.454 e. The van der Waals surface area contributed by atoms with Crippen LogP contribution in [-0.2, 0) is 32.1 Å². The average Bonchev–Trinajstić information content (AvgIpc) is 3.26. The number of amides is 2. The van der Waals surface area contributed by atoms with Crippen molar-refractivity contribution in [1.82, 2.24) is 14.7 Å². The number of ether oxygens (including phenoxy) is 1. The molecule has 0 aromatic heterocycles. The average molecular weight is 498 g/mol. The summed E-state index contributed by atoms with van der Waals surface area (Å²) < 4.78 is 19.2. The monoisotopic (exact) mass is 497 g/mol. The summed E-state index contributed by atoms with van der Waals surface area (Å²) in [5.41, 5.74) is 2.66. The highest BCUT2D eigenvalue weighted by molar-refractivity contribution is 5.88. The van der Waals surface area contributed by atoms with E-state index in [0.29, 0.717) is 13.1 Å². The number of aryl methyl sites for hydroxylation is 1. The van der Waals surface area contributed by atoms with Crippen LogP contribution >= 0.6 is 0 Å². The summed E-state index contributed by atoms with van der Waals surface area (Å²) in [5, 5.41) is 10.1. The Hall–Kier alpha value is -3.30. The topological polar surface area (TPSA) is 90.4 Å². The molecule has 2 atom stereocenters. The third-order valence-corrected chi connectivity index (χ3v) is 6.72. The lowest BCUT2D eigenvalue weighted by Crippen LogP contribution is -2.50. The zero-order valence-electron chi connectivity index (χ0n) is 20.4. The number of rotatable bonds is 7. The maximum absolute atomic E-state index is 13.9. The van der Waals surface area contributed by atoms with E-state index in [1.807, 2.05) is 6.07 Å². The molecule has 2 unspecified atom stereocenters. The van der Waals surface area contributed by atoms with Crippen LogP contribution in [0.3, 0.4) is 0 Å².